The van der Waals surface area contributed by atoms with Crippen molar-refractivity contribution >= 4 is 5.97 Å². The Morgan fingerprint density at radius 2 is 2.42 bits per heavy atom. The van der Waals surface area contributed by atoms with Gasteiger partial charge in [-0.1, -0.05) is 0 Å². The number of alkyl halides is 1. The minimum absolute atomic E-state index is 0.0501. The number of carboxylic acids is 1. The van der Waals surface area contributed by atoms with Crippen LogP contribution in [-0.4, -0.2) is 42.3 Å². The first-order valence-corrected chi connectivity index (χ1v) is 4.14. The molecule has 4 heteroatoms. The Morgan fingerprint density at radius 1 is 1.75 bits per heavy atom. The average molecular weight is 175 g/mol. The molecule has 3 nitrogen and oxygen atoms in total. The van der Waals surface area contributed by atoms with Crippen molar-refractivity contribution in [3.05, 3.63) is 0 Å². The molecule has 0 aromatic rings. The van der Waals surface area contributed by atoms with Crippen molar-refractivity contribution in [3.63, 3.8) is 0 Å². The lowest BCUT2D eigenvalue weighted by atomic mass is 9.93. The second-order valence-electron chi connectivity index (χ2n) is 3.42. The van der Waals surface area contributed by atoms with E-state index in [0.717, 1.165) is 6.54 Å². The molecule has 1 aliphatic rings. The molecule has 1 rings (SSSR count). The van der Waals surface area contributed by atoms with Crippen LogP contribution in [0.25, 0.3) is 0 Å². The summed E-state index contributed by atoms with van der Waals surface area (Å²) in [5.41, 5.74) is 0. The molecule has 0 bridgehead atoms. The number of halogens is 1. The first-order valence-electron chi connectivity index (χ1n) is 4.14. The van der Waals surface area contributed by atoms with Crippen molar-refractivity contribution < 1.29 is 14.3 Å². The van der Waals surface area contributed by atoms with E-state index in [9.17, 15) is 9.18 Å². The molecule has 0 saturated carbocycles. The van der Waals surface area contributed by atoms with Crippen molar-refractivity contribution in [3.8, 4) is 0 Å². The molecule has 1 saturated heterocycles. The Labute approximate surface area is 71.2 Å². The molecule has 0 unspecified atom stereocenters. The van der Waals surface area contributed by atoms with Crippen molar-refractivity contribution in [2.45, 2.75) is 19.0 Å². The van der Waals surface area contributed by atoms with Gasteiger partial charge in [-0.25, -0.2) is 4.39 Å². The highest BCUT2D eigenvalue weighted by molar-refractivity contribution is 5.67. The van der Waals surface area contributed by atoms with Crippen LogP contribution in [0.2, 0.25) is 0 Å². The van der Waals surface area contributed by atoms with E-state index in [4.69, 9.17) is 5.11 Å². The van der Waals surface area contributed by atoms with Gasteiger partial charge in [-0.2, -0.15) is 0 Å². The van der Waals surface area contributed by atoms with E-state index in [0.29, 0.717) is 13.0 Å². The van der Waals surface area contributed by atoms with E-state index in [2.05, 4.69) is 0 Å². The maximum atomic E-state index is 13.1. The maximum absolute atomic E-state index is 13.1. The van der Waals surface area contributed by atoms with Gasteiger partial charge in [0.05, 0.1) is 6.42 Å². The third kappa shape index (κ3) is 2.44. The second kappa shape index (κ2) is 3.85. The van der Waals surface area contributed by atoms with Gasteiger partial charge in [0, 0.05) is 19.0 Å². The average Bonchev–Trinajstić information content (AvgIpc) is 1.96. The van der Waals surface area contributed by atoms with Gasteiger partial charge in [0.15, 0.2) is 0 Å². The number of rotatable bonds is 2. The number of carbonyl (C=O) groups is 1. The summed E-state index contributed by atoms with van der Waals surface area (Å²) in [6.07, 6.45) is -0.516. The Balaban J connectivity index is 2.43. The highest BCUT2D eigenvalue weighted by atomic mass is 19.1. The van der Waals surface area contributed by atoms with Gasteiger partial charge in [0.1, 0.15) is 6.17 Å². The number of hydrogen-bond donors (Lipinski definition) is 1. The van der Waals surface area contributed by atoms with Crippen LogP contribution in [0.3, 0.4) is 0 Å². The molecular formula is C8H14FNO2. The highest BCUT2D eigenvalue weighted by Crippen LogP contribution is 2.21. The molecular weight excluding hydrogens is 161 g/mol. The van der Waals surface area contributed by atoms with Crippen LogP contribution in [0.15, 0.2) is 0 Å². The van der Waals surface area contributed by atoms with Crippen molar-refractivity contribution in [2.75, 3.05) is 20.1 Å². The molecule has 1 heterocycles. The molecule has 0 spiro atoms. The molecule has 0 aromatic carbocycles. The molecule has 0 aliphatic carbocycles. The predicted octanol–water partition coefficient (Wildman–Crippen LogP) is 0.751. The Morgan fingerprint density at radius 3 is 3.00 bits per heavy atom. The number of hydrogen-bond acceptors (Lipinski definition) is 2. The third-order valence-corrected chi connectivity index (χ3v) is 2.28. The molecule has 0 aromatic heterocycles. The van der Waals surface area contributed by atoms with E-state index in [1.165, 1.54) is 0 Å². The van der Waals surface area contributed by atoms with E-state index < -0.39 is 12.1 Å². The zero-order valence-electron chi connectivity index (χ0n) is 7.16. The number of piperidine rings is 1. The third-order valence-electron chi connectivity index (χ3n) is 2.28. The van der Waals surface area contributed by atoms with E-state index in [1.807, 2.05) is 11.9 Å². The van der Waals surface area contributed by atoms with E-state index in [1.54, 1.807) is 0 Å². The van der Waals surface area contributed by atoms with Gasteiger partial charge in [0.2, 0.25) is 0 Å². The topological polar surface area (TPSA) is 40.5 Å². The van der Waals surface area contributed by atoms with Gasteiger partial charge in [-0.3, -0.25) is 4.79 Å². The second-order valence-corrected chi connectivity index (χ2v) is 3.42. The van der Waals surface area contributed by atoms with Crippen LogP contribution in [0, 0.1) is 5.92 Å². The van der Waals surface area contributed by atoms with Crippen molar-refractivity contribution in [2.24, 2.45) is 5.92 Å². The van der Waals surface area contributed by atoms with E-state index in [-0.39, 0.29) is 12.3 Å². The summed E-state index contributed by atoms with van der Waals surface area (Å²) in [4.78, 5) is 12.3. The summed E-state index contributed by atoms with van der Waals surface area (Å²) in [5.74, 6) is -1.22. The minimum atomic E-state index is -0.933. The smallest absolute Gasteiger partial charge is 0.303 e. The van der Waals surface area contributed by atoms with Gasteiger partial charge in [-0.15, -0.1) is 0 Å². The molecule has 0 radical (unpaired) electrons. The largest absolute Gasteiger partial charge is 0.481 e. The van der Waals surface area contributed by atoms with Crippen molar-refractivity contribution in [1.29, 1.82) is 0 Å². The lowest BCUT2D eigenvalue weighted by Crippen LogP contribution is -2.40. The highest BCUT2D eigenvalue weighted by Gasteiger charge is 2.28. The lowest BCUT2D eigenvalue weighted by Gasteiger charge is -2.31. The van der Waals surface area contributed by atoms with Crippen LogP contribution >= 0.6 is 0 Å². The quantitative estimate of drug-likeness (QED) is 0.673. The summed E-state index contributed by atoms with van der Waals surface area (Å²) < 4.78 is 13.1. The number of nitrogens with zero attached hydrogens (tertiary/aromatic N) is 1. The zero-order chi connectivity index (χ0) is 9.14. The molecule has 2 atom stereocenters. The first kappa shape index (κ1) is 9.45. The molecule has 0 amide bonds. The Kier molecular flexibility index (Phi) is 3.03. The van der Waals surface area contributed by atoms with Crippen LogP contribution < -0.4 is 0 Å². The predicted molar refractivity (Wildman–Crippen MR) is 42.8 cm³/mol. The van der Waals surface area contributed by atoms with E-state index >= 15 is 0 Å². The van der Waals surface area contributed by atoms with Crippen LogP contribution in [0.1, 0.15) is 12.8 Å². The zero-order valence-corrected chi connectivity index (χ0v) is 7.16. The fourth-order valence-corrected chi connectivity index (χ4v) is 1.60. The molecule has 1 aliphatic heterocycles. The summed E-state index contributed by atoms with van der Waals surface area (Å²) in [6, 6.07) is 0. The molecule has 12 heavy (non-hydrogen) atoms. The number of carboxylic acid groups (broad SMARTS) is 1. The standard InChI is InChI=1S/C8H14FNO2/c1-10-3-2-7(9)6(5-10)4-8(11)12/h6-7H,2-5H2,1H3,(H,11,12)/t6-,7-/m1/s1. The summed E-state index contributed by atoms with van der Waals surface area (Å²) in [7, 11) is 1.89. The maximum Gasteiger partial charge on any atom is 0.303 e. The van der Waals surface area contributed by atoms with Crippen LogP contribution in [0.4, 0.5) is 4.39 Å². The normalized spacial score (nSPS) is 31.8. The van der Waals surface area contributed by atoms with Gasteiger partial charge in [-0.05, 0) is 13.5 Å². The van der Waals surface area contributed by atoms with Crippen LogP contribution in [-0.2, 0) is 4.79 Å². The molecule has 70 valence electrons. The lowest BCUT2D eigenvalue weighted by molar-refractivity contribution is -0.139. The number of likely N-dealkylation sites (tertiary alicyclic amines) is 1. The monoisotopic (exact) mass is 175 g/mol. The summed E-state index contributed by atoms with van der Waals surface area (Å²) in [6.45, 7) is 1.30. The first-order chi connectivity index (χ1) is 5.59. The van der Waals surface area contributed by atoms with Crippen molar-refractivity contribution in [1.82, 2.24) is 4.90 Å². The SMILES string of the molecule is CN1CC[C@@H](F)[C@H](CC(=O)O)C1. The Hall–Kier alpha value is -0.640. The minimum Gasteiger partial charge on any atom is -0.481 e. The summed E-state index contributed by atoms with van der Waals surface area (Å²) in [5, 5.41) is 8.48. The van der Waals surface area contributed by atoms with Gasteiger partial charge >= 0.3 is 5.97 Å². The molecule has 1 fully saturated rings. The van der Waals surface area contributed by atoms with Gasteiger partial charge in [0.25, 0.3) is 0 Å². The van der Waals surface area contributed by atoms with Gasteiger partial charge < -0.3 is 10.0 Å². The summed E-state index contributed by atoms with van der Waals surface area (Å²) >= 11 is 0. The number of aliphatic carboxylic acids is 1. The van der Waals surface area contributed by atoms with Crippen LogP contribution in [0.5, 0.6) is 0 Å². The fourth-order valence-electron chi connectivity index (χ4n) is 1.60. The Bertz CT molecular complexity index is 174. The molecule has 1 N–H and O–H groups in total. The fraction of sp³-hybridized carbons (Fsp3) is 0.875.